The van der Waals surface area contributed by atoms with Crippen LogP contribution < -0.4 is 5.32 Å². The van der Waals surface area contributed by atoms with Crippen LogP contribution in [0.4, 0.5) is 0 Å². The van der Waals surface area contributed by atoms with Crippen LogP contribution in [0.1, 0.15) is 37.2 Å². The van der Waals surface area contributed by atoms with Crippen LogP contribution in [-0.4, -0.2) is 22.2 Å². The van der Waals surface area contributed by atoms with E-state index in [1.54, 1.807) is 0 Å². The van der Waals surface area contributed by atoms with Gasteiger partial charge in [-0.25, -0.2) is 4.68 Å². The molecule has 1 aromatic carbocycles. The lowest BCUT2D eigenvalue weighted by molar-refractivity contribution is -0.121. The van der Waals surface area contributed by atoms with Gasteiger partial charge in [0.05, 0.1) is 11.4 Å². The normalized spacial score (nSPS) is 11.0. The SMILES string of the molecule is Cc1nn(-c2ccccc2)c(C)c1CCNC(=O)CC(C)C. The minimum Gasteiger partial charge on any atom is -0.356 e. The average molecular weight is 299 g/mol. The summed E-state index contributed by atoms with van der Waals surface area (Å²) in [4.78, 5) is 11.7. The number of carbonyl (C=O) groups is 1. The summed E-state index contributed by atoms with van der Waals surface area (Å²) < 4.78 is 1.97. The lowest BCUT2D eigenvalue weighted by Gasteiger charge is -2.08. The Kier molecular flexibility index (Phi) is 5.36. The van der Waals surface area contributed by atoms with E-state index < -0.39 is 0 Å². The zero-order valence-corrected chi connectivity index (χ0v) is 13.9. The van der Waals surface area contributed by atoms with Crippen LogP contribution in [0.2, 0.25) is 0 Å². The molecule has 0 spiro atoms. The van der Waals surface area contributed by atoms with Crippen molar-refractivity contribution in [3.05, 3.63) is 47.3 Å². The van der Waals surface area contributed by atoms with Crippen LogP contribution in [0, 0.1) is 19.8 Å². The van der Waals surface area contributed by atoms with Crippen LogP contribution in [-0.2, 0) is 11.2 Å². The molecule has 1 heterocycles. The Morgan fingerprint density at radius 2 is 1.91 bits per heavy atom. The van der Waals surface area contributed by atoms with Gasteiger partial charge in [-0.3, -0.25) is 4.79 Å². The van der Waals surface area contributed by atoms with Crippen LogP contribution in [0.3, 0.4) is 0 Å². The van der Waals surface area contributed by atoms with E-state index in [1.165, 1.54) is 5.56 Å². The molecule has 0 fully saturated rings. The summed E-state index contributed by atoms with van der Waals surface area (Å²) in [5, 5.41) is 7.62. The molecular formula is C18H25N3O. The van der Waals surface area contributed by atoms with Gasteiger partial charge in [-0.05, 0) is 43.9 Å². The zero-order chi connectivity index (χ0) is 16.1. The van der Waals surface area contributed by atoms with E-state index >= 15 is 0 Å². The minimum absolute atomic E-state index is 0.126. The first-order valence-electron chi connectivity index (χ1n) is 7.86. The van der Waals surface area contributed by atoms with Gasteiger partial charge < -0.3 is 5.32 Å². The van der Waals surface area contributed by atoms with Crippen LogP contribution >= 0.6 is 0 Å². The molecule has 0 radical (unpaired) electrons. The number of rotatable bonds is 6. The second kappa shape index (κ2) is 7.25. The Hall–Kier alpha value is -2.10. The van der Waals surface area contributed by atoms with Crippen molar-refractivity contribution in [1.82, 2.24) is 15.1 Å². The molecule has 2 aromatic rings. The van der Waals surface area contributed by atoms with Gasteiger partial charge in [0, 0.05) is 18.7 Å². The Morgan fingerprint density at radius 3 is 2.55 bits per heavy atom. The number of aryl methyl sites for hydroxylation is 1. The first-order chi connectivity index (χ1) is 10.5. The highest BCUT2D eigenvalue weighted by Crippen LogP contribution is 2.18. The quantitative estimate of drug-likeness (QED) is 0.890. The maximum atomic E-state index is 11.7. The highest BCUT2D eigenvalue weighted by molar-refractivity contribution is 5.76. The van der Waals surface area contributed by atoms with Crippen molar-refractivity contribution in [3.8, 4) is 5.69 Å². The molecule has 118 valence electrons. The van der Waals surface area contributed by atoms with Crippen molar-refractivity contribution in [2.45, 2.75) is 40.5 Å². The van der Waals surface area contributed by atoms with Crippen LogP contribution in [0.15, 0.2) is 30.3 Å². The summed E-state index contributed by atoms with van der Waals surface area (Å²) in [7, 11) is 0. The van der Waals surface area contributed by atoms with E-state index in [2.05, 4.69) is 31.2 Å². The van der Waals surface area contributed by atoms with Gasteiger partial charge in [-0.15, -0.1) is 0 Å². The van der Waals surface area contributed by atoms with Crippen molar-refractivity contribution >= 4 is 5.91 Å². The Bertz CT molecular complexity index is 629. The monoisotopic (exact) mass is 299 g/mol. The fourth-order valence-electron chi connectivity index (χ4n) is 2.63. The van der Waals surface area contributed by atoms with Gasteiger partial charge in [0.2, 0.25) is 5.91 Å². The standard InChI is InChI=1S/C18H25N3O/c1-13(2)12-18(22)19-11-10-17-14(3)20-21(15(17)4)16-8-6-5-7-9-16/h5-9,13H,10-12H2,1-4H3,(H,19,22). The lowest BCUT2D eigenvalue weighted by Crippen LogP contribution is -2.26. The number of aromatic nitrogens is 2. The maximum Gasteiger partial charge on any atom is 0.220 e. The molecule has 1 amide bonds. The number of nitrogens with zero attached hydrogens (tertiary/aromatic N) is 2. The van der Waals surface area contributed by atoms with E-state index in [4.69, 9.17) is 0 Å². The van der Waals surface area contributed by atoms with Crippen molar-refractivity contribution in [2.75, 3.05) is 6.54 Å². The summed E-state index contributed by atoms with van der Waals surface area (Å²) >= 11 is 0. The molecule has 0 saturated carbocycles. The molecule has 0 aliphatic heterocycles. The van der Waals surface area contributed by atoms with E-state index in [0.29, 0.717) is 18.9 Å². The third-order valence-electron chi connectivity index (χ3n) is 3.73. The number of amides is 1. The predicted octanol–water partition coefficient (Wildman–Crippen LogP) is 3.19. The van der Waals surface area contributed by atoms with E-state index in [-0.39, 0.29) is 5.91 Å². The molecular weight excluding hydrogens is 274 g/mol. The Labute approximate surface area is 132 Å². The third-order valence-corrected chi connectivity index (χ3v) is 3.73. The summed E-state index contributed by atoms with van der Waals surface area (Å²) in [5.74, 6) is 0.519. The average Bonchev–Trinajstić information content (AvgIpc) is 2.75. The second-order valence-electron chi connectivity index (χ2n) is 6.09. The molecule has 4 nitrogen and oxygen atoms in total. The molecule has 0 aliphatic carbocycles. The summed E-state index contributed by atoms with van der Waals surface area (Å²) in [5.41, 5.74) is 4.45. The molecule has 0 bridgehead atoms. The molecule has 0 saturated heterocycles. The van der Waals surface area contributed by atoms with Crippen molar-refractivity contribution in [1.29, 1.82) is 0 Å². The predicted molar refractivity (Wildman–Crippen MR) is 89.2 cm³/mol. The highest BCUT2D eigenvalue weighted by Gasteiger charge is 2.13. The van der Waals surface area contributed by atoms with E-state index in [0.717, 1.165) is 23.5 Å². The fourth-order valence-corrected chi connectivity index (χ4v) is 2.63. The molecule has 0 atom stereocenters. The van der Waals surface area contributed by atoms with E-state index in [9.17, 15) is 4.79 Å². The van der Waals surface area contributed by atoms with Crippen molar-refractivity contribution in [3.63, 3.8) is 0 Å². The van der Waals surface area contributed by atoms with Gasteiger partial charge in [0.15, 0.2) is 0 Å². The Balaban J connectivity index is 2.04. The molecule has 0 aliphatic rings. The summed E-state index contributed by atoms with van der Waals surface area (Å²) in [6, 6.07) is 10.1. The number of benzene rings is 1. The van der Waals surface area contributed by atoms with Crippen LogP contribution in [0.5, 0.6) is 0 Å². The smallest absolute Gasteiger partial charge is 0.220 e. The van der Waals surface area contributed by atoms with Gasteiger partial charge in [-0.1, -0.05) is 32.0 Å². The first-order valence-corrected chi connectivity index (χ1v) is 7.86. The maximum absolute atomic E-state index is 11.7. The summed E-state index contributed by atoms with van der Waals surface area (Å²) in [6.07, 6.45) is 1.40. The first kappa shape index (κ1) is 16.3. The van der Waals surface area contributed by atoms with Crippen LogP contribution in [0.25, 0.3) is 5.69 Å². The molecule has 0 unspecified atom stereocenters. The highest BCUT2D eigenvalue weighted by atomic mass is 16.1. The molecule has 4 heteroatoms. The molecule has 22 heavy (non-hydrogen) atoms. The zero-order valence-electron chi connectivity index (χ0n) is 13.9. The number of hydrogen-bond acceptors (Lipinski definition) is 2. The largest absolute Gasteiger partial charge is 0.356 e. The van der Waals surface area contributed by atoms with Gasteiger partial charge in [0.1, 0.15) is 0 Å². The molecule has 1 aromatic heterocycles. The number of hydrogen-bond donors (Lipinski definition) is 1. The molecule has 1 N–H and O–H groups in total. The summed E-state index contributed by atoms with van der Waals surface area (Å²) in [6.45, 7) is 8.87. The third kappa shape index (κ3) is 3.97. The number of carbonyl (C=O) groups excluding carboxylic acids is 1. The molecule has 2 rings (SSSR count). The van der Waals surface area contributed by atoms with Crippen molar-refractivity contribution in [2.24, 2.45) is 5.92 Å². The minimum atomic E-state index is 0.126. The number of para-hydroxylation sites is 1. The fraction of sp³-hybridized carbons (Fsp3) is 0.444. The number of nitrogens with one attached hydrogen (secondary N) is 1. The topological polar surface area (TPSA) is 46.9 Å². The lowest BCUT2D eigenvalue weighted by atomic mass is 10.1. The van der Waals surface area contributed by atoms with E-state index in [1.807, 2.05) is 41.9 Å². The van der Waals surface area contributed by atoms with Gasteiger partial charge in [-0.2, -0.15) is 5.10 Å². The Morgan fingerprint density at radius 1 is 1.23 bits per heavy atom. The van der Waals surface area contributed by atoms with Gasteiger partial charge >= 0.3 is 0 Å². The van der Waals surface area contributed by atoms with Crippen molar-refractivity contribution < 1.29 is 4.79 Å². The van der Waals surface area contributed by atoms with Gasteiger partial charge in [0.25, 0.3) is 0 Å². The second-order valence-corrected chi connectivity index (χ2v) is 6.09.